The third-order valence-electron chi connectivity index (χ3n) is 4.78. The van der Waals surface area contributed by atoms with Crippen LogP contribution < -0.4 is 5.73 Å². The molecule has 2 N–H and O–H groups in total. The van der Waals surface area contributed by atoms with Crippen molar-refractivity contribution < 1.29 is 4.79 Å². The van der Waals surface area contributed by atoms with Crippen molar-refractivity contribution in [2.24, 2.45) is 11.1 Å². The molecule has 1 saturated heterocycles. The lowest BCUT2D eigenvalue weighted by molar-refractivity contribution is -0.143. The highest BCUT2D eigenvalue weighted by molar-refractivity contribution is 5.83. The van der Waals surface area contributed by atoms with Crippen molar-refractivity contribution in [2.45, 2.75) is 45.6 Å². The van der Waals surface area contributed by atoms with Crippen LogP contribution in [0.1, 0.15) is 51.1 Å². The highest BCUT2D eigenvalue weighted by Crippen LogP contribution is 2.37. The minimum atomic E-state index is -0.398. The molecule has 1 unspecified atom stereocenters. The summed E-state index contributed by atoms with van der Waals surface area (Å²) >= 11 is 0. The second-order valence-corrected chi connectivity index (χ2v) is 5.63. The summed E-state index contributed by atoms with van der Waals surface area (Å²) in [5, 5.41) is 0. The summed E-state index contributed by atoms with van der Waals surface area (Å²) in [7, 11) is 0. The van der Waals surface area contributed by atoms with Gasteiger partial charge in [0.1, 0.15) is 0 Å². The molecule has 0 aliphatic carbocycles. The van der Waals surface area contributed by atoms with E-state index in [-0.39, 0.29) is 11.9 Å². The van der Waals surface area contributed by atoms with Crippen molar-refractivity contribution in [2.75, 3.05) is 13.1 Å². The summed E-state index contributed by atoms with van der Waals surface area (Å²) in [5.41, 5.74) is 6.66. The minimum absolute atomic E-state index is 0.167. The van der Waals surface area contributed by atoms with Gasteiger partial charge in [-0.1, -0.05) is 19.9 Å². The van der Waals surface area contributed by atoms with Crippen LogP contribution in [0.4, 0.5) is 0 Å². The molecule has 0 bridgehead atoms. The molecule has 0 spiro atoms. The molecule has 0 saturated carbocycles. The van der Waals surface area contributed by atoms with Gasteiger partial charge in [-0.3, -0.25) is 9.78 Å². The molecule has 4 heteroatoms. The first-order valence-electron chi connectivity index (χ1n) is 7.59. The lowest BCUT2D eigenvalue weighted by Crippen LogP contribution is -2.47. The maximum absolute atomic E-state index is 13.0. The standard InChI is InChI=1S/C16H25N3O/c1-3-16(4-2,12-17)15(20)19-10-6-8-14(19)13-7-5-9-18-11-13/h5,7,9,11,14H,3-4,6,8,10,12,17H2,1-2H3. The first-order chi connectivity index (χ1) is 9.68. The number of nitrogens with two attached hydrogens (primary N) is 1. The van der Waals surface area contributed by atoms with Gasteiger partial charge in [0.05, 0.1) is 11.5 Å². The second-order valence-electron chi connectivity index (χ2n) is 5.63. The summed E-state index contributed by atoms with van der Waals surface area (Å²) < 4.78 is 0. The third-order valence-corrected chi connectivity index (χ3v) is 4.78. The number of hydrogen-bond acceptors (Lipinski definition) is 3. The zero-order valence-corrected chi connectivity index (χ0v) is 12.5. The molecule has 0 radical (unpaired) electrons. The van der Waals surface area contributed by atoms with Gasteiger partial charge in [-0.15, -0.1) is 0 Å². The Hall–Kier alpha value is -1.42. The number of rotatable bonds is 5. The van der Waals surface area contributed by atoms with Gasteiger partial charge >= 0.3 is 0 Å². The quantitative estimate of drug-likeness (QED) is 0.898. The molecule has 1 aromatic rings. The lowest BCUT2D eigenvalue weighted by atomic mass is 9.80. The number of carbonyl (C=O) groups is 1. The minimum Gasteiger partial charge on any atom is -0.335 e. The summed E-state index contributed by atoms with van der Waals surface area (Å²) in [4.78, 5) is 19.2. The van der Waals surface area contributed by atoms with E-state index in [1.54, 1.807) is 6.20 Å². The Bertz CT molecular complexity index is 434. The Morgan fingerprint density at radius 2 is 2.25 bits per heavy atom. The largest absolute Gasteiger partial charge is 0.335 e. The maximum atomic E-state index is 13.0. The molecule has 20 heavy (non-hydrogen) atoms. The number of carbonyl (C=O) groups excluding carboxylic acids is 1. The van der Waals surface area contributed by atoms with E-state index in [2.05, 4.69) is 24.9 Å². The van der Waals surface area contributed by atoms with Gasteiger partial charge in [0.15, 0.2) is 0 Å². The van der Waals surface area contributed by atoms with Crippen LogP contribution >= 0.6 is 0 Å². The molecule has 1 aromatic heterocycles. The molecule has 1 amide bonds. The van der Waals surface area contributed by atoms with Crippen LogP contribution in [0, 0.1) is 5.41 Å². The monoisotopic (exact) mass is 275 g/mol. The fourth-order valence-electron chi connectivity index (χ4n) is 3.16. The third kappa shape index (κ3) is 2.57. The fourth-order valence-corrected chi connectivity index (χ4v) is 3.16. The first kappa shape index (κ1) is 15.0. The highest BCUT2D eigenvalue weighted by atomic mass is 16.2. The molecule has 1 fully saturated rings. The molecule has 2 heterocycles. The Balaban J connectivity index is 2.25. The molecular weight excluding hydrogens is 250 g/mol. The second kappa shape index (κ2) is 6.35. The number of aromatic nitrogens is 1. The number of likely N-dealkylation sites (tertiary alicyclic amines) is 1. The number of nitrogens with zero attached hydrogens (tertiary/aromatic N) is 2. The van der Waals surface area contributed by atoms with Crippen LogP contribution in [0.5, 0.6) is 0 Å². The van der Waals surface area contributed by atoms with Gasteiger partial charge in [0, 0.05) is 25.5 Å². The Labute approximate surface area is 121 Å². The van der Waals surface area contributed by atoms with Crippen LogP contribution in [0.2, 0.25) is 0 Å². The van der Waals surface area contributed by atoms with E-state index < -0.39 is 5.41 Å². The van der Waals surface area contributed by atoms with Crippen molar-refractivity contribution in [3.05, 3.63) is 30.1 Å². The summed E-state index contributed by atoms with van der Waals surface area (Å²) in [6.07, 6.45) is 7.32. The molecule has 4 nitrogen and oxygen atoms in total. The highest BCUT2D eigenvalue weighted by Gasteiger charge is 2.41. The van der Waals surface area contributed by atoms with Gasteiger partial charge in [-0.25, -0.2) is 0 Å². The van der Waals surface area contributed by atoms with Crippen molar-refractivity contribution >= 4 is 5.91 Å². The molecule has 1 aliphatic heterocycles. The zero-order valence-electron chi connectivity index (χ0n) is 12.5. The lowest BCUT2D eigenvalue weighted by Gasteiger charge is -2.36. The Morgan fingerprint density at radius 3 is 2.80 bits per heavy atom. The van der Waals surface area contributed by atoms with Gasteiger partial charge in [-0.2, -0.15) is 0 Å². The van der Waals surface area contributed by atoms with Gasteiger partial charge in [0.2, 0.25) is 5.91 Å². The first-order valence-corrected chi connectivity index (χ1v) is 7.59. The molecule has 1 aliphatic rings. The molecule has 110 valence electrons. The zero-order chi connectivity index (χ0) is 14.6. The van der Waals surface area contributed by atoms with Gasteiger partial charge in [-0.05, 0) is 37.3 Å². The Kier molecular flexibility index (Phi) is 4.76. The van der Waals surface area contributed by atoms with E-state index in [0.717, 1.165) is 37.8 Å². The average molecular weight is 275 g/mol. The van der Waals surface area contributed by atoms with Crippen molar-refractivity contribution in [1.29, 1.82) is 0 Å². The van der Waals surface area contributed by atoms with Gasteiger partial charge in [0.25, 0.3) is 0 Å². The predicted octanol–water partition coefficient (Wildman–Crippen LogP) is 2.51. The van der Waals surface area contributed by atoms with Crippen molar-refractivity contribution in [3.63, 3.8) is 0 Å². The fraction of sp³-hybridized carbons (Fsp3) is 0.625. The van der Waals surface area contributed by atoms with E-state index in [9.17, 15) is 4.79 Å². The maximum Gasteiger partial charge on any atom is 0.230 e. The van der Waals surface area contributed by atoms with E-state index >= 15 is 0 Å². The smallest absolute Gasteiger partial charge is 0.230 e. The number of pyridine rings is 1. The predicted molar refractivity (Wildman–Crippen MR) is 80.0 cm³/mol. The number of amides is 1. The van der Waals surface area contributed by atoms with Crippen molar-refractivity contribution in [1.82, 2.24) is 9.88 Å². The van der Waals surface area contributed by atoms with Crippen LogP contribution in [0.3, 0.4) is 0 Å². The SMILES string of the molecule is CCC(CC)(CN)C(=O)N1CCCC1c1cccnc1. The van der Waals surface area contributed by atoms with Crippen LogP contribution in [0.15, 0.2) is 24.5 Å². The average Bonchev–Trinajstić information content (AvgIpc) is 2.99. The van der Waals surface area contributed by atoms with Crippen molar-refractivity contribution in [3.8, 4) is 0 Å². The van der Waals surface area contributed by atoms with Gasteiger partial charge < -0.3 is 10.6 Å². The summed E-state index contributed by atoms with van der Waals surface area (Å²) in [5.74, 6) is 0.219. The topological polar surface area (TPSA) is 59.2 Å². The van der Waals surface area contributed by atoms with E-state index in [1.165, 1.54) is 0 Å². The van der Waals surface area contributed by atoms with Crippen LogP contribution in [-0.2, 0) is 4.79 Å². The normalized spacial score (nSPS) is 19.4. The molecule has 1 atom stereocenters. The molecule has 0 aromatic carbocycles. The molecule has 2 rings (SSSR count). The summed E-state index contributed by atoms with van der Waals surface area (Å²) in [6, 6.07) is 4.16. The van der Waals surface area contributed by atoms with E-state index in [1.807, 2.05) is 17.2 Å². The van der Waals surface area contributed by atoms with Crippen LogP contribution in [0.25, 0.3) is 0 Å². The van der Waals surface area contributed by atoms with Crippen LogP contribution in [-0.4, -0.2) is 28.9 Å². The Morgan fingerprint density at radius 1 is 1.50 bits per heavy atom. The number of hydrogen-bond donors (Lipinski definition) is 1. The summed E-state index contributed by atoms with van der Waals surface area (Å²) in [6.45, 7) is 5.38. The van der Waals surface area contributed by atoms with E-state index in [4.69, 9.17) is 5.73 Å². The van der Waals surface area contributed by atoms with E-state index in [0.29, 0.717) is 6.54 Å². The molecular formula is C16H25N3O.